The first-order chi connectivity index (χ1) is 13.8. The molecule has 0 bridgehead atoms. The van der Waals surface area contributed by atoms with E-state index in [1.54, 1.807) is 0 Å². The zero-order valence-corrected chi connectivity index (χ0v) is 17.8. The standard InChI is InChI=1S/C20H34O9/c1-5-6-7-8-9-10-11-25-20-19(28-15(4)24)18(27-14(3)23)17(26-13(2)22)16(12-21)29-20/h16-21H,5-12H2,1-4H3/t16-,17+,18+,19-,20+/m1/s1. The Morgan fingerprint density at radius 1 is 0.793 bits per heavy atom. The maximum Gasteiger partial charge on any atom is 0.303 e. The molecule has 1 aliphatic heterocycles. The SMILES string of the molecule is CCCCCCCCO[C@H]1O[C@H](CO)[C@H](OC(C)=O)[C@H](OC(C)=O)[C@H]1OC(C)=O. The summed E-state index contributed by atoms with van der Waals surface area (Å²) in [5, 5.41) is 9.68. The second kappa shape index (κ2) is 13.5. The summed E-state index contributed by atoms with van der Waals surface area (Å²) in [4.78, 5) is 34.7. The van der Waals surface area contributed by atoms with Crippen molar-refractivity contribution in [2.24, 2.45) is 0 Å². The predicted molar refractivity (Wildman–Crippen MR) is 102 cm³/mol. The molecule has 9 nitrogen and oxygen atoms in total. The van der Waals surface area contributed by atoms with Gasteiger partial charge in [0.25, 0.3) is 0 Å². The lowest BCUT2D eigenvalue weighted by atomic mass is 9.98. The van der Waals surface area contributed by atoms with Crippen LogP contribution in [0.15, 0.2) is 0 Å². The van der Waals surface area contributed by atoms with Gasteiger partial charge in [0.15, 0.2) is 24.6 Å². The lowest BCUT2D eigenvalue weighted by Gasteiger charge is -2.43. The van der Waals surface area contributed by atoms with Crippen LogP contribution in [0.1, 0.15) is 66.2 Å². The van der Waals surface area contributed by atoms with Gasteiger partial charge in [-0.2, -0.15) is 0 Å². The molecular formula is C20H34O9. The molecule has 0 amide bonds. The normalized spacial score (nSPS) is 26.6. The molecule has 1 rings (SSSR count). The highest BCUT2D eigenvalue weighted by Gasteiger charge is 2.52. The summed E-state index contributed by atoms with van der Waals surface area (Å²) >= 11 is 0. The molecule has 0 aliphatic carbocycles. The Bertz CT molecular complexity index is 522. The summed E-state index contributed by atoms with van der Waals surface area (Å²) in [5.41, 5.74) is 0. The molecule has 1 heterocycles. The largest absolute Gasteiger partial charge is 0.456 e. The number of rotatable bonds is 12. The molecular weight excluding hydrogens is 384 g/mol. The number of aliphatic hydroxyl groups is 1. The summed E-state index contributed by atoms with van der Waals surface area (Å²) in [6, 6.07) is 0. The maximum absolute atomic E-state index is 11.6. The van der Waals surface area contributed by atoms with Crippen LogP contribution in [0.25, 0.3) is 0 Å². The maximum atomic E-state index is 11.6. The first-order valence-electron chi connectivity index (χ1n) is 10.2. The fraction of sp³-hybridized carbons (Fsp3) is 0.850. The molecule has 0 aromatic carbocycles. The minimum Gasteiger partial charge on any atom is -0.456 e. The highest BCUT2D eigenvalue weighted by molar-refractivity contribution is 5.68. The number of hydrogen-bond acceptors (Lipinski definition) is 9. The molecule has 0 aromatic heterocycles. The van der Waals surface area contributed by atoms with Gasteiger partial charge in [-0.3, -0.25) is 14.4 Å². The lowest BCUT2D eigenvalue weighted by molar-refractivity contribution is -0.307. The van der Waals surface area contributed by atoms with E-state index in [-0.39, 0.29) is 0 Å². The van der Waals surface area contributed by atoms with Crippen molar-refractivity contribution in [3.8, 4) is 0 Å². The highest BCUT2D eigenvalue weighted by atomic mass is 16.7. The minimum absolute atomic E-state index is 0.345. The van der Waals surface area contributed by atoms with Gasteiger partial charge in [0, 0.05) is 27.4 Å². The number of carbonyl (C=O) groups is 3. The van der Waals surface area contributed by atoms with Crippen molar-refractivity contribution in [1.82, 2.24) is 0 Å². The summed E-state index contributed by atoms with van der Waals surface area (Å²) in [7, 11) is 0. The summed E-state index contributed by atoms with van der Waals surface area (Å²) in [5.74, 6) is -1.94. The van der Waals surface area contributed by atoms with Gasteiger partial charge in [0.1, 0.15) is 6.10 Å². The fourth-order valence-electron chi connectivity index (χ4n) is 3.22. The van der Waals surface area contributed by atoms with E-state index in [0.29, 0.717) is 6.61 Å². The van der Waals surface area contributed by atoms with E-state index >= 15 is 0 Å². The Morgan fingerprint density at radius 2 is 1.31 bits per heavy atom. The average molecular weight is 418 g/mol. The highest BCUT2D eigenvalue weighted by Crippen LogP contribution is 2.29. The van der Waals surface area contributed by atoms with Gasteiger partial charge >= 0.3 is 17.9 Å². The van der Waals surface area contributed by atoms with E-state index in [9.17, 15) is 19.5 Å². The van der Waals surface area contributed by atoms with Crippen LogP contribution in [0.5, 0.6) is 0 Å². The predicted octanol–water partition coefficient (Wildman–Crippen LogP) is 1.88. The fourth-order valence-corrected chi connectivity index (χ4v) is 3.22. The van der Waals surface area contributed by atoms with E-state index < -0.39 is 55.2 Å². The number of ether oxygens (including phenoxy) is 5. The van der Waals surface area contributed by atoms with Crippen LogP contribution in [0.3, 0.4) is 0 Å². The number of aliphatic hydroxyl groups excluding tert-OH is 1. The zero-order chi connectivity index (χ0) is 21.8. The molecule has 9 heteroatoms. The third kappa shape index (κ3) is 9.10. The van der Waals surface area contributed by atoms with E-state index in [1.165, 1.54) is 33.6 Å². The molecule has 1 aliphatic rings. The van der Waals surface area contributed by atoms with Crippen molar-refractivity contribution >= 4 is 17.9 Å². The number of hydrogen-bond donors (Lipinski definition) is 1. The molecule has 168 valence electrons. The van der Waals surface area contributed by atoms with Crippen LogP contribution in [0, 0.1) is 0 Å². The first kappa shape index (κ1) is 25.3. The van der Waals surface area contributed by atoms with Crippen molar-refractivity contribution in [3.63, 3.8) is 0 Å². The molecule has 1 saturated heterocycles. The Hall–Kier alpha value is -1.71. The van der Waals surface area contributed by atoms with Crippen molar-refractivity contribution in [1.29, 1.82) is 0 Å². The Kier molecular flexibility index (Phi) is 11.8. The second-order valence-corrected chi connectivity index (χ2v) is 7.09. The third-order valence-electron chi connectivity index (χ3n) is 4.46. The zero-order valence-electron chi connectivity index (χ0n) is 17.8. The van der Waals surface area contributed by atoms with Crippen LogP contribution in [0.4, 0.5) is 0 Å². The quantitative estimate of drug-likeness (QED) is 0.288. The van der Waals surface area contributed by atoms with Gasteiger partial charge in [0.05, 0.1) is 6.61 Å². The molecule has 1 N–H and O–H groups in total. The lowest BCUT2D eigenvalue weighted by Crippen LogP contribution is -2.62. The van der Waals surface area contributed by atoms with Gasteiger partial charge in [-0.15, -0.1) is 0 Å². The Morgan fingerprint density at radius 3 is 1.86 bits per heavy atom. The summed E-state index contributed by atoms with van der Waals surface area (Å²) < 4.78 is 27.2. The summed E-state index contributed by atoms with van der Waals surface area (Å²) in [6.07, 6.45) is 0.888. The third-order valence-corrected chi connectivity index (χ3v) is 4.46. The Labute approximate surface area is 172 Å². The summed E-state index contributed by atoms with van der Waals surface area (Å²) in [6.45, 7) is 5.57. The van der Waals surface area contributed by atoms with Crippen LogP contribution in [-0.2, 0) is 38.1 Å². The van der Waals surface area contributed by atoms with Crippen molar-refractivity contribution in [2.75, 3.05) is 13.2 Å². The topological polar surface area (TPSA) is 118 Å². The van der Waals surface area contributed by atoms with Crippen LogP contribution < -0.4 is 0 Å². The number of unbranched alkanes of at least 4 members (excludes halogenated alkanes) is 5. The molecule has 0 aromatic rings. The van der Waals surface area contributed by atoms with Gasteiger partial charge in [-0.25, -0.2) is 0 Å². The van der Waals surface area contributed by atoms with E-state index in [2.05, 4.69) is 6.92 Å². The Balaban J connectivity index is 2.87. The van der Waals surface area contributed by atoms with Gasteiger partial charge in [-0.05, 0) is 6.42 Å². The molecule has 0 spiro atoms. The molecule has 0 radical (unpaired) electrons. The molecule has 0 saturated carbocycles. The molecule has 29 heavy (non-hydrogen) atoms. The number of esters is 3. The van der Waals surface area contributed by atoms with Gasteiger partial charge < -0.3 is 28.8 Å². The van der Waals surface area contributed by atoms with Gasteiger partial charge in [-0.1, -0.05) is 39.0 Å². The van der Waals surface area contributed by atoms with Crippen molar-refractivity contribution < 1.29 is 43.2 Å². The molecule has 1 fully saturated rings. The average Bonchev–Trinajstić information content (AvgIpc) is 2.63. The first-order valence-corrected chi connectivity index (χ1v) is 10.2. The molecule has 5 atom stereocenters. The van der Waals surface area contributed by atoms with Crippen LogP contribution >= 0.6 is 0 Å². The van der Waals surface area contributed by atoms with Crippen molar-refractivity contribution in [2.45, 2.75) is 96.9 Å². The van der Waals surface area contributed by atoms with E-state index in [0.717, 1.165) is 25.7 Å². The smallest absolute Gasteiger partial charge is 0.303 e. The second-order valence-electron chi connectivity index (χ2n) is 7.09. The van der Waals surface area contributed by atoms with Crippen LogP contribution in [-0.4, -0.2) is 66.9 Å². The minimum atomic E-state index is -1.17. The van der Waals surface area contributed by atoms with Crippen LogP contribution in [0.2, 0.25) is 0 Å². The van der Waals surface area contributed by atoms with Crippen molar-refractivity contribution in [3.05, 3.63) is 0 Å². The van der Waals surface area contributed by atoms with E-state index in [1.807, 2.05) is 0 Å². The van der Waals surface area contributed by atoms with E-state index in [4.69, 9.17) is 23.7 Å². The molecule has 0 unspecified atom stereocenters. The monoisotopic (exact) mass is 418 g/mol. The number of carbonyl (C=O) groups excluding carboxylic acids is 3. The van der Waals surface area contributed by atoms with Gasteiger partial charge in [0.2, 0.25) is 0 Å².